The van der Waals surface area contributed by atoms with Gasteiger partial charge in [0.1, 0.15) is 0 Å². The van der Waals surface area contributed by atoms with Gasteiger partial charge in [-0.25, -0.2) is 4.79 Å². The zero-order chi connectivity index (χ0) is 12.7. The van der Waals surface area contributed by atoms with Crippen molar-refractivity contribution < 1.29 is 4.79 Å². The monoisotopic (exact) mass is 231 g/mol. The molecule has 4 heteroatoms. The lowest BCUT2D eigenvalue weighted by Gasteiger charge is -2.12. The molecule has 0 radical (unpaired) electrons. The van der Waals surface area contributed by atoms with Crippen molar-refractivity contribution in [3.63, 3.8) is 0 Å². The minimum absolute atomic E-state index is 0.119. The van der Waals surface area contributed by atoms with Crippen molar-refractivity contribution in [2.24, 2.45) is 5.73 Å². The fraction of sp³-hybridized carbons (Fsp3) is 0.308. The third kappa shape index (κ3) is 4.17. The third-order valence-electron chi connectivity index (χ3n) is 2.18. The summed E-state index contributed by atoms with van der Waals surface area (Å²) < 4.78 is 0. The smallest absolute Gasteiger partial charge is 0.317 e. The van der Waals surface area contributed by atoms with E-state index in [1.807, 2.05) is 24.3 Å². The van der Waals surface area contributed by atoms with E-state index in [1.54, 1.807) is 14.1 Å². The maximum absolute atomic E-state index is 11.4. The highest BCUT2D eigenvalue weighted by atomic mass is 16.2. The number of nitrogens with zero attached hydrogens (tertiary/aromatic N) is 1. The molecule has 0 heterocycles. The van der Waals surface area contributed by atoms with Crippen molar-refractivity contribution in [3.05, 3.63) is 35.4 Å². The Morgan fingerprint density at radius 3 is 2.76 bits per heavy atom. The summed E-state index contributed by atoms with van der Waals surface area (Å²) >= 11 is 0. The average molecular weight is 231 g/mol. The summed E-state index contributed by atoms with van der Waals surface area (Å²) in [4.78, 5) is 12.9. The molecule has 17 heavy (non-hydrogen) atoms. The molecule has 0 saturated carbocycles. The molecule has 4 nitrogen and oxygen atoms in total. The first-order valence-corrected chi connectivity index (χ1v) is 5.37. The van der Waals surface area contributed by atoms with E-state index in [0.717, 1.165) is 11.1 Å². The lowest BCUT2D eigenvalue weighted by Crippen LogP contribution is -2.34. The molecule has 90 valence electrons. The molecule has 3 N–H and O–H groups in total. The third-order valence-corrected chi connectivity index (χ3v) is 2.18. The number of hydrogen-bond acceptors (Lipinski definition) is 2. The van der Waals surface area contributed by atoms with Gasteiger partial charge in [-0.2, -0.15) is 0 Å². The van der Waals surface area contributed by atoms with Gasteiger partial charge in [0.15, 0.2) is 0 Å². The topological polar surface area (TPSA) is 58.4 Å². The molecule has 1 rings (SSSR count). The van der Waals surface area contributed by atoms with Crippen LogP contribution in [0.15, 0.2) is 24.3 Å². The van der Waals surface area contributed by atoms with Crippen LogP contribution in [0.2, 0.25) is 0 Å². The van der Waals surface area contributed by atoms with Gasteiger partial charge in [0, 0.05) is 26.2 Å². The van der Waals surface area contributed by atoms with E-state index >= 15 is 0 Å². The molecule has 0 atom stereocenters. The molecule has 1 aromatic rings. The van der Waals surface area contributed by atoms with Gasteiger partial charge in [-0.1, -0.05) is 30.0 Å². The number of hydrogen-bond donors (Lipinski definition) is 2. The van der Waals surface area contributed by atoms with E-state index in [0.29, 0.717) is 13.1 Å². The summed E-state index contributed by atoms with van der Waals surface area (Å²) in [7, 11) is 3.41. The number of carbonyl (C=O) groups excluding carboxylic acids is 1. The van der Waals surface area contributed by atoms with Crippen LogP contribution >= 0.6 is 0 Å². The first kappa shape index (κ1) is 13.1. The van der Waals surface area contributed by atoms with Crippen LogP contribution in [0.4, 0.5) is 4.79 Å². The highest BCUT2D eigenvalue weighted by Crippen LogP contribution is 2.06. The van der Waals surface area contributed by atoms with Gasteiger partial charge in [-0.3, -0.25) is 0 Å². The molecule has 0 fully saturated rings. The Bertz CT molecular complexity index is 443. The minimum Gasteiger partial charge on any atom is -0.334 e. The second-order valence-electron chi connectivity index (χ2n) is 3.72. The predicted molar refractivity (Wildman–Crippen MR) is 68.3 cm³/mol. The molecule has 0 aliphatic rings. The van der Waals surface area contributed by atoms with E-state index in [-0.39, 0.29) is 6.03 Å². The van der Waals surface area contributed by atoms with Crippen molar-refractivity contribution in [1.82, 2.24) is 10.2 Å². The SMILES string of the molecule is CN(C)C(=O)NCc1ccccc1C#CCN. The van der Waals surface area contributed by atoms with E-state index in [2.05, 4.69) is 17.2 Å². The van der Waals surface area contributed by atoms with Crippen LogP contribution in [0.3, 0.4) is 0 Å². The fourth-order valence-corrected chi connectivity index (χ4v) is 1.27. The zero-order valence-corrected chi connectivity index (χ0v) is 10.2. The summed E-state index contributed by atoms with van der Waals surface area (Å²) in [6.07, 6.45) is 0. The second-order valence-corrected chi connectivity index (χ2v) is 3.72. The van der Waals surface area contributed by atoms with Gasteiger partial charge >= 0.3 is 6.03 Å². The van der Waals surface area contributed by atoms with E-state index in [9.17, 15) is 4.79 Å². The van der Waals surface area contributed by atoms with Gasteiger partial charge < -0.3 is 16.0 Å². The quantitative estimate of drug-likeness (QED) is 0.739. The second kappa shape index (κ2) is 6.56. The maximum atomic E-state index is 11.4. The van der Waals surface area contributed by atoms with Crippen molar-refractivity contribution in [3.8, 4) is 11.8 Å². The van der Waals surface area contributed by atoms with E-state index < -0.39 is 0 Å². The van der Waals surface area contributed by atoms with Crippen molar-refractivity contribution in [2.45, 2.75) is 6.54 Å². The zero-order valence-electron chi connectivity index (χ0n) is 10.2. The Balaban J connectivity index is 2.74. The molecule has 0 bridgehead atoms. The van der Waals surface area contributed by atoms with Gasteiger partial charge in [0.25, 0.3) is 0 Å². The molecule has 0 unspecified atom stereocenters. The average Bonchev–Trinajstić information content (AvgIpc) is 2.34. The number of urea groups is 1. The van der Waals surface area contributed by atoms with Gasteiger partial charge in [0.05, 0.1) is 6.54 Å². The molecule has 2 amide bonds. The minimum atomic E-state index is -0.119. The molecule has 0 spiro atoms. The number of benzene rings is 1. The number of amides is 2. The standard InChI is InChI=1S/C13H17N3O/c1-16(2)13(17)15-10-12-7-4-3-6-11(12)8-5-9-14/h3-4,6-7H,9-10,14H2,1-2H3,(H,15,17). The number of nitrogens with one attached hydrogen (secondary N) is 1. The van der Waals surface area contributed by atoms with E-state index in [4.69, 9.17) is 5.73 Å². The van der Waals surface area contributed by atoms with Crippen molar-refractivity contribution >= 4 is 6.03 Å². The molecule has 0 aliphatic heterocycles. The summed E-state index contributed by atoms with van der Waals surface area (Å²) in [5.74, 6) is 5.80. The molecule has 1 aromatic carbocycles. The molecule has 0 aromatic heterocycles. The van der Waals surface area contributed by atoms with Crippen LogP contribution < -0.4 is 11.1 Å². The summed E-state index contributed by atoms with van der Waals surface area (Å²) in [5.41, 5.74) is 7.23. The lowest BCUT2D eigenvalue weighted by atomic mass is 10.1. The fourth-order valence-electron chi connectivity index (χ4n) is 1.27. The number of carbonyl (C=O) groups is 1. The van der Waals surface area contributed by atoms with Crippen LogP contribution in [0.5, 0.6) is 0 Å². The summed E-state index contributed by atoms with van der Waals surface area (Å²) in [5, 5.41) is 2.80. The highest BCUT2D eigenvalue weighted by molar-refractivity contribution is 5.73. The summed E-state index contributed by atoms with van der Waals surface area (Å²) in [6.45, 7) is 0.796. The maximum Gasteiger partial charge on any atom is 0.317 e. The normalized spacial score (nSPS) is 9.12. The van der Waals surface area contributed by atoms with Crippen LogP contribution in [-0.4, -0.2) is 31.6 Å². The predicted octanol–water partition coefficient (Wildman–Crippen LogP) is 0.768. The van der Waals surface area contributed by atoms with Crippen LogP contribution in [0.25, 0.3) is 0 Å². The molecular weight excluding hydrogens is 214 g/mol. The Morgan fingerprint density at radius 1 is 1.41 bits per heavy atom. The van der Waals surface area contributed by atoms with Crippen molar-refractivity contribution in [2.75, 3.05) is 20.6 Å². The van der Waals surface area contributed by atoms with Crippen LogP contribution in [-0.2, 0) is 6.54 Å². The largest absolute Gasteiger partial charge is 0.334 e. The van der Waals surface area contributed by atoms with Crippen LogP contribution in [0.1, 0.15) is 11.1 Å². The lowest BCUT2D eigenvalue weighted by molar-refractivity contribution is 0.217. The van der Waals surface area contributed by atoms with Gasteiger partial charge in [0.2, 0.25) is 0 Å². The summed E-state index contributed by atoms with van der Waals surface area (Å²) in [6, 6.07) is 7.57. The van der Waals surface area contributed by atoms with Gasteiger partial charge in [-0.15, -0.1) is 0 Å². The molecule has 0 aliphatic carbocycles. The Kier molecular flexibility index (Phi) is 5.05. The molecular formula is C13H17N3O. The van der Waals surface area contributed by atoms with Gasteiger partial charge in [-0.05, 0) is 11.6 Å². The first-order chi connectivity index (χ1) is 8.15. The highest BCUT2D eigenvalue weighted by Gasteiger charge is 2.04. The Labute approximate surface area is 102 Å². The van der Waals surface area contributed by atoms with Crippen molar-refractivity contribution in [1.29, 1.82) is 0 Å². The number of nitrogens with two attached hydrogens (primary N) is 1. The Morgan fingerprint density at radius 2 is 2.12 bits per heavy atom. The van der Waals surface area contributed by atoms with Crippen LogP contribution in [0, 0.1) is 11.8 Å². The molecule has 0 saturated heterocycles. The number of rotatable bonds is 2. The van der Waals surface area contributed by atoms with E-state index in [1.165, 1.54) is 4.90 Å². The Hall–Kier alpha value is -1.99. The first-order valence-electron chi connectivity index (χ1n) is 5.37.